The number of imidazole rings is 1. The molecule has 1 aromatic heterocycles. The van der Waals surface area contributed by atoms with Crippen molar-refractivity contribution in [2.75, 3.05) is 6.61 Å². The van der Waals surface area contributed by atoms with Crippen molar-refractivity contribution in [2.24, 2.45) is 4.99 Å². The fraction of sp³-hybridized carbons (Fsp3) is 0.154. The van der Waals surface area contributed by atoms with Gasteiger partial charge in [0.15, 0.2) is 0 Å². The van der Waals surface area contributed by atoms with E-state index in [1.807, 2.05) is 43.6 Å². The molecule has 0 unspecified atom stereocenters. The highest BCUT2D eigenvalue weighted by molar-refractivity contribution is 6.35. The molecule has 31 heavy (non-hydrogen) atoms. The van der Waals surface area contributed by atoms with E-state index in [0.29, 0.717) is 24.8 Å². The van der Waals surface area contributed by atoms with E-state index in [0.717, 1.165) is 45.0 Å². The fourth-order valence-electron chi connectivity index (χ4n) is 3.97. The van der Waals surface area contributed by atoms with E-state index in [4.69, 9.17) is 21.3 Å². The predicted molar refractivity (Wildman–Crippen MR) is 125 cm³/mol. The number of nitrogens with zero attached hydrogens (tertiary/aromatic N) is 3. The minimum Gasteiger partial charge on any atom is -0.375 e. The summed E-state index contributed by atoms with van der Waals surface area (Å²) in [5.41, 5.74) is 8.17. The Labute approximate surface area is 186 Å². The molecule has 5 heteroatoms. The Morgan fingerprint density at radius 3 is 2.55 bits per heavy atom. The third-order valence-electron chi connectivity index (χ3n) is 5.53. The minimum absolute atomic E-state index is 0.479. The molecular weight excluding hydrogens is 406 g/mol. The molecule has 0 aliphatic carbocycles. The first kappa shape index (κ1) is 19.7. The molecule has 4 aromatic rings. The molecule has 2 heterocycles. The minimum atomic E-state index is 0.479. The normalized spacial score (nSPS) is 12.6. The van der Waals surface area contributed by atoms with Crippen LogP contribution >= 0.6 is 11.6 Å². The number of fused-ring (bicyclic) bond motifs is 3. The third kappa shape index (κ3) is 3.69. The van der Waals surface area contributed by atoms with Crippen LogP contribution in [0.2, 0.25) is 5.02 Å². The van der Waals surface area contributed by atoms with Crippen LogP contribution in [0.3, 0.4) is 0 Å². The van der Waals surface area contributed by atoms with Crippen molar-refractivity contribution in [3.05, 3.63) is 107 Å². The second-order valence-corrected chi connectivity index (χ2v) is 7.79. The zero-order chi connectivity index (χ0) is 21.2. The van der Waals surface area contributed by atoms with Crippen molar-refractivity contribution in [1.29, 1.82) is 0 Å². The summed E-state index contributed by atoms with van der Waals surface area (Å²) in [6, 6.07) is 24.7. The highest BCUT2D eigenvalue weighted by Crippen LogP contribution is 2.32. The summed E-state index contributed by atoms with van der Waals surface area (Å²) in [7, 11) is 0. The Morgan fingerprint density at radius 1 is 0.935 bits per heavy atom. The summed E-state index contributed by atoms with van der Waals surface area (Å²) in [6.45, 7) is 3.63. The van der Waals surface area contributed by atoms with E-state index in [1.165, 1.54) is 0 Å². The van der Waals surface area contributed by atoms with Crippen LogP contribution in [0.4, 0.5) is 0 Å². The van der Waals surface area contributed by atoms with Crippen LogP contribution in [0.15, 0.2) is 84.1 Å². The van der Waals surface area contributed by atoms with Crippen molar-refractivity contribution in [1.82, 2.24) is 9.55 Å². The van der Waals surface area contributed by atoms with E-state index >= 15 is 0 Å². The van der Waals surface area contributed by atoms with Gasteiger partial charge in [0.05, 0.1) is 42.3 Å². The molecule has 0 radical (unpaired) electrons. The van der Waals surface area contributed by atoms with Gasteiger partial charge in [-0.15, -0.1) is 0 Å². The maximum atomic E-state index is 6.60. The molecule has 5 rings (SSSR count). The lowest BCUT2D eigenvalue weighted by Crippen LogP contribution is -2.08. The van der Waals surface area contributed by atoms with Gasteiger partial charge in [0.1, 0.15) is 0 Å². The van der Waals surface area contributed by atoms with E-state index < -0.39 is 0 Å². The van der Waals surface area contributed by atoms with Crippen molar-refractivity contribution in [3.63, 3.8) is 0 Å². The Bertz CT molecular complexity index is 1260. The van der Waals surface area contributed by atoms with Crippen molar-refractivity contribution < 1.29 is 4.74 Å². The van der Waals surface area contributed by atoms with Gasteiger partial charge in [-0.1, -0.05) is 66.2 Å². The standard InChI is InChI=1S/C26H22ClN3O/c1-2-31-16-23-25-15-28-26(20-10-6-7-11-22(20)27)21-14-19(18-8-4-3-5-9-18)12-13-24(21)30(25)17-29-23/h3-14,17H,2,15-16H2,1H3. The summed E-state index contributed by atoms with van der Waals surface area (Å²) in [5, 5.41) is 0.691. The predicted octanol–water partition coefficient (Wildman–Crippen LogP) is 6.08. The number of hydrogen-bond acceptors (Lipinski definition) is 3. The maximum Gasteiger partial charge on any atom is 0.0999 e. The molecule has 1 aliphatic heterocycles. The van der Waals surface area contributed by atoms with E-state index in [1.54, 1.807) is 0 Å². The fourth-order valence-corrected chi connectivity index (χ4v) is 4.20. The molecule has 0 saturated carbocycles. The molecular formula is C26H22ClN3O. The second kappa shape index (κ2) is 8.50. The van der Waals surface area contributed by atoms with Crippen LogP contribution in [0.1, 0.15) is 29.4 Å². The molecule has 0 amide bonds. The van der Waals surface area contributed by atoms with E-state index in [9.17, 15) is 0 Å². The molecule has 0 N–H and O–H groups in total. The summed E-state index contributed by atoms with van der Waals surface area (Å²) >= 11 is 6.60. The first-order valence-corrected chi connectivity index (χ1v) is 10.8. The third-order valence-corrected chi connectivity index (χ3v) is 5.86. The molecule has 0 fully saturated rings. The Hall–Kier alpha value is -3.21. The highest BCUT2D eigenvalue weighted by Gasteiger charge is 2.23. The first-order valence-electron chi connectivity index (χ1n) is 10.4. The van der Waals surface area contributed by atoms with Crippen LogP contribution in [-0.4, -0.2) is 21.9 Å². The molecule has 0 saturated heterocycles. The van der Waals surface area contributed by atoms with Crippen LogP contribution < -0.4 is 0 Å². The summed E-state index contributed by atoms with van der Waals surface area (Å²) < 4.78 is 7.77. The molecule has 1 aliphatic rings. The topological polar surface area (TPSA) is 39.4 Å². The Morgan fingerprint density at radius 2 is 1.74 bits per heavy atom. The monoisotopic (exact) mass is 427 g/mol. The lowest BCUT2D eigenvalue weighted by atomic mass is 9.96. The average molecular weight is 428 g/mol. The van der Waals surface area contributed by atoms with Crippen molar-refractivity contribution >= 4 is 17.3 Å². The van der Waals surface area contributed by atoms with Gasteiger partial charge in [-0.2, -0.15) is 0 Å². The van der Waals surface area contributed by atoms with Crippen LogP contribution in [0, 0.1) is 0 Å². The van der Waals surface area contributed by atoms with E-state index in [-0.39, 0.29) is 0 Å². The van der Waals surface area contributed by atoms with Gasteiger partial charge < -0.3 is 9.30 Å². The number of halogens is 1. The lowest BCUT2D eigenvalue weighted by molar-refractivity contribution is 0.131. The number of rotatable bonds is 5. The molecule has 0 spiro atoms. The largest absolute Gasteiger partial charge is 0.375 e. The number of hydrogen-bond donors (Lipinski definition) is 0. The summed E-state index contributed by atoms with van der Waals surface area (Å²) in [6.07, 6.45) is 1.87. The smallest absolute Gasteiger partial charge is 0.0999 e. The average Bonchev–Trinajstić information content (AvgIpc) is 3.14. The number of aromatic nitrogens is 2. The van der Waals surface area contributed by atoms with Gasteiger partial charge in [-0.05, 0) is 36.2 Å². The highest BCUT2D eigenvalue weighted by atomic mass is 35.5. The molecule has 4 nitrogen and oxygen atoms in total. The SMILES string of the molecule is CCOCc1ncn2c1CN=C(c1ccccc1Cl)c1cc(-c3ccccc3)ccc1-2. The lowest BCUT2D eigenvalue weighted by Gasteiger charge is -2.15. The quantitative estimate of drug-likeness (QED) is 0.387. The van der Waals surface area contributed by atoms with Crippen LogP contribution in [-0.2, 0) is 17.9 Å². The first-order chi connectivity index (χ1) is 15.3. The molecule has 3 aromatic carbocycles. The zero-order valence-corrected chi connectivity index (χ0v) is 18.0. The number of benzene rings is 3. The van der Waals surface area contributed by atoms with Gasteiger partial charge in [-0.3, -0.25) is 4.99 Å². The van der Waals surface area contributed by atoms with Gasteiger partial charge >= 0.3 is 0 Å². The number of aliphatic imine (C=N–C) groups is 1. The van der Waals surface area contributed by atoms with Crippen molar-refractivity contribution in [2.45, 2.75) is 20.1 Å². The van der Waals surface area contributed by atoms with Gasteiger partial charge in [0.25, 0.3) is 0 Å². The Kier molecular flexibility index (Phi) is 5.41. The van der Waals surface area contributed by atoms with Gasteiger partial charge in [0.2, 0.25) is 0 Å². The zero-order valence-electron chi connectivity index (χ0n) is 17.3. The molecule has 154 valence electrons. The summed E-state index contributed by atoms with van der Waals surface area (Å²) in [5.74, 6) is 0. The van der Waals surface area contributed by atoms with Gasteiger partial charge in [-0.25, -0.2) is 4.98 Å². The van der Waals surface area contributed by atoms with E-state index in [2.05, 4.69) is 52.0 Å². The maximum absolute atomic E-state index is 6.60. The van der Waals surface area contributed by atoms with Crippen LogP contribution in [0.25, 0.3) is 16.8 Å². The molecule has 0 bridgehead atoms. The van der Waals surface area contributed by atoms with Gasteiger partial charge in [0, 0.05) is 22.8 Å². The summed E-state index contributed by atoms with van der Waals surface area (Å²) in [4.78, 5) is 9.64. The Balaban J connectivity index is 1.72. The number of ether oxygens (including phenoxy) is 1. The second-order valence-electron chi connectivity index (χ2n) is 7.39. The van der Waals surface area contributed by atoms with Crippen LogP contribution in [0.5, 0.6) is 0 Å². The molecule has 0 atom stereocenters. The van der Waals surface area contributed by atoms with Crippen molar-refractivity contribution in [3.8, 4) is 16.8 Å².